The van der Waals surface area contributed by atoms with Crippen molar-refractivity contribution in [2.45, 2.75) is 32.3 Å². The van der Waals surface area contributed by atoms with Crippen LogP contribution in [0, 0.1) is 5.92 Å². The van der Waals surface area contributed by atoms with E-state index in [-0.39, 0.29) is 0 Å². The predicted octanol–water partition coefficient (Wildman–Crippen LogP) is 4.47. The molecule has 1 N–H and O–H groups in total. The highest BCUT2D eigenvalue weighted by Gasteiger charge is 2.43. The number of carbonyl (C=O) groups is 1. The summed E-state index contributed by atoms with van der Waals surface area (Å²) >= 11 is 0. The van der Waals surface area contributed by atoms with E-state index in [9.17, 15) is 9.90 Å². The van der Waals surface area contributed by atoms with Gasteiger partial charge in [-0.05, 0) is 17.0 Å². The van der Waals surface area contributed by atoms with E-state index < -0.39 is 11.6 Å². The van der Waals surface area contributed by atoms with Crippen LogP contribution in [0.2, 0.25) is 0 Å². The molecular formula is C20H24O3. The van der Waals surface area contributed by atoms with Crippen molar-refractivity contribution in [1.29, 1.82) is 0 Å². The molecule has 0 aliphatic rings. The van der Waals surface area contributed by atoms with Gasteiger partial charge < -0.3 is 9.84 Å². The Morgan fingerprint density at radius 1 is 0.957 bits per heavy atom. The SMILES string of the molecule is CCC(CC)COC(C(=O)O)(c1ccccc1)c1ccccc1. The molecule has 0 fully saturated rings. The molecule has 0 amide bonds. The van der Waals surface area contributed by atoms with Gasteiger partial charge in [0.15, 0.2) is 0 Å². The summed E-state index contributed by atoms with van der Waals surface area (Å²) in [6.45, 7) is 4.62. The van der Waals surface area contributed by atoms with E-state index in [2.05, 4.69) is 13.8 Å². The smallest absolute Gasteiger partial charge is 0.345 e. The largest absolute Gasteiger partial charge is 0.479 e. The third-order valence-electron chi connectivity index (χ3n) is 4.35. The van der Waals surface area contributed by atoms with Crippen LogP contribution in [0.3, 0.4) is 0 Å². The number of rotatable bonds is 8. The quantitative estimate of drug-likeness (QED) is 0.782. The number of ether oxygens (including phenoxy) is 1. The first-order chi connectivity index (χ1) is 11.1. The first-order valence-electron chi connectivity index (χ1n) is 8.13. The van der Waals surface area contributed by atoms with Crippen LogP contribution in [-0.2, 0) is 15.1 Å². The molecule has 2 rings (SSSR count). The van der Waals surface area contributed by atoms with Gasteiger partial charge in [0.05, 0.1) is 6.61 Å². The Balaban J connectivity index is 2.50. The highest BCUT2D eigenvalue weighted by molar-refractivity contribution is 5.84. The molecule has 0 spiro atoms. The molecule has 0 bridgehead atoms. The van der Waals surface area contributed by atoms with Crippen molar-refractivity contribution >= 4 is 5.97 Å². The number of hydrogen-bond acceptors (Lipinski definition) is 2. The summed E-state index contributed by atoms with van der Waals surface area (Å²) in [4.78, 5) is 12.3. The average Bonchev–Trinajstić information content (AvgIpc) is 2.60. The number of aliphatic carboxylic acids is 1. The van der Waals surface area contributed by atoms with Gasteiger partial charge in [-0.15, -0.1) is 0 Å². The van der Waals surface area contributed by atoms with Crippen molar-refractivity contribution in [1.82, 2.24) is 0 Å². The van der Waals surface area contributed by atoms with Crippen molar-refractivity contribution in [2.75, 3.05) is 6.61 Å². The molecule has 0 saturated carbocycles. The fourth-order valence-corrected chi connectivity index (χ4v) is 2.75. The summed E-state index contributed by atoms with van der Waals surface area (Å²) in [5.41, 5.74) is -0.181. The molecule has 0 aliphatic heterocycles. The second-order valence-electron chi connectivity index (χ2n) is 5.71. The summed E-state index contributed by atoms with van der Waals surface area (Å²) in [5.74, 6) is -0.637. The molecule has 0 heterocycles. The highest BCUT2D eigenvalue weighted by Crippen LogP contribution is 2.35. The molecule has 0 saturated heterocycles. The van der Waals surface area contributed by atoms with Crippen molar-refractivity contribution in [3.05, 3.63) is 71.8 Å². The van der Waals surface area contributed by atoms with Crippen molar-refractivity contribution < 1.29 is 14.6 Å². The van der Waals surface area contributed by atoms with Gasteiger partial charge in [-0.1, -0.05) is 87.4 Å². The molecule has 2 aromatic carbocycles. The Morgan fingerprint density at radius 2 is 1.39 bits per heavy atom. The molecule has 0 aliphatic carbocycles. The Hall–Kier alpha value is -2.13. The van der Waals surface area contributed by atoms with Crippen LogP contribution < -0.4 is 0 Å². The minimum Gasteiger partial charge on any atom is -0.479 e. The van der Waals surface area contributed by atoms with Crippen molar-refractivity contribution in [2.24, 2.45) is 5.92 Å². The lowest BCUT2D eigenvalue weighted by Crippen LogP contribution is -2.41. The third kappa shape index (κ3) is 3.62. The van der Waals surface area contributed by atoms with Gasteiger partial charge in [0.1, 0.15) is 0 Å². The lowest BCUT2D eigenvalue weighted by Gasteiger charge is -2.32. The van der Waals surface area contributed by atoms with E-state index in [0.29, 0.717) is 23.7 Å². The van der Waals surface area contributed by atoms with Gasteiger partial charge in [0.2, 0.25) is 5.60 Å². The van der Waals surface area contributed by atoms with E-state index >= 15 is 0 Å². The molecule has 0 unspecified atom stereocenters. The van der Waals surface area contributed by atoms with E-state index in [1.165, 1.54) is 0 Å². The van der Waals surface area contributed by atoms with Gasteiger partial charge >= 0.3 is 5.97 Å². The maximum atomic E-state index is 12.3. The maximum absolute atomic E-state index is 12.3. The molecule has 0 aromatic heterocycles. The molecule has 122 valence electrons. The number of carboxylic acid groups (broad SMARTS) is 1. The Labute approximate surface area is 137 Å². The minimum atomic E-state index is -1.47. The summed E-state index contributed by atoms with van der Waals surface area (Å²) in [5, 5.41) is 10.1. The molecule has 3 nitrogen and oxygen atoms in total. The van der Waals surface area contributed by atoms with Crippen LogP contribution in [0.1, 0.15) is 37.8 Å². The minimum absolute atomic E-state index is 0.348. The highest BCUT2D eigenvalue weighted by atomic mass is 16.5. The zero-order chi connectivity index (χ0) is 16.7. The molecular weight excluding hydrogens is 288 g/mol. The van der Waals surface area contributed by atoms with E-state index in [4.69, 9.17) is 4.74 Å². The second-order valence-corrected chi connectivity index (χ2v) is 5.71. The number of hydrogen-bond donors (Lipinski definition) is 1. The van der Waals surface area contributed by atoms with Crippen molar-refractivity contribution in [3.8, 4) is 0 Å². The van der Waals surface area contributed by atoms with Crippen LogP contribution in [0.15, 0.2) is 60.7 Å². The van der Waals surface area contributed by atoms with Crippen molar-refractivity contribution in [3.63, 3.8) is 0 Å². The van der Waals surface area contributed by atoms with E-state index in [0.717, 1.165) is 12.8 Å². The average molecular weight is 312 g/mol. The number of carboxylic acids is 1. The monoisotopic (exact) mass is 312 g/mol. The van der Waals surface area contributed by atoms with Gasteiger partial charge in [0, 0.05) is 0 Å². The fourth-order valence-electron chi connectivity index (χ4n) is 2.75. The molecule has 23 heavy (non-hydrogen) atoms. The fraction of sp³-hybridized carbons (Fsp3) is 0.350. The first kappa shape index (κ1) is 17.2. The zero-order valence-corrected chi connectivity index (χ0v) is 13.7. The Morgan fingerprint density at radius 3 is 1.74 bits per heavy atom. The standard InChI is InChI=1S/C20H24O3/c1-3-16(4-2)15-23-20(19(21)22,17-11-7-5-8-12-17)18-13-9-6-10-14-18/h5-14,16H,3-4,15H2,1-2H3,(H,21,22). The maximum Gasteiger partial charge on any atom is 0.345 e. The summed E-state index contributed by atoms with van der Waals surface area (Å²) in [7, 11) is 0. The molecule has 0 atom stereocenters. The third-order valence-corrected chi connectivity index (χ3v) is 4.35. The number of benzene rings is 2. The Bertz CT molecular complexity index is 564. The summed E-state index contributed by atoms with van der Waals surface area (Å²) in [6, 6.07) is 18.4. The van der Waals surface area contributed by atoms with Crippen LogP contribution in [0.4, 0.5) is 0 Å². The zero-order valence-electron chi connectivity index (χ0n) is 13.7. The van der Waals surface area contributed by atoms with E-state index in [1.54, 1.807) is 0 Å². The van der Waals surface area contributed by atoms with E-state index in [1.807, 2.05) is 60.7 Å². The Kier molecular flexibility index (Phi) is 5.94. The summed E-state index contributed by atoms with van der Waals surface area (Å²) in [6.07, 6.45) is 1.94. The normalized spacial score (nSPS) is 11.6. The van der Waals surface area contributed by atoms with Crippen LogP contribution in [0.25, 0.3) is 0 Å². The topological polar surface area (TPSA) is 46.5 Å². The second kappa shape index (κ2) is 7.93. The van der Waals surface area contributed by atoms with Gasteiger partial charge in [-0.2, -0.15) is 0 Å². The van der Waals surface area contributed by atoms with Gasteiger partial charge in [-0.3, -0.25) is 0 Å². The van der Waals surface area contributed by atoms with Gasteiger partial charge in [-0.25, -0.2) is 4.79 Å². The molecule has 3 heteroatoms. The lowest BCUT2D eigenvalue weighted by atomic mass is 9.85. The molecule has 0 radical (unpaired) electrons. The lowest BCUT2D eigenvalue weighted by molar-refractivity contribution is -0.163. The van der Waals surface area contributed by atoms with Crippen LogP contribution in [-0.4, -0.2) is 17.7 Å². The molecule has 2 aromatic rings. The predicted molar refractivity (Wildman–Crippen MR) is 91.3 cm³/mol. The summed E-state index contributed by atoms with van der Waals surface area (Å²) < 4.78 is 6.11. The first-order valence-corrected chi connectivity index (χ1v) is 8.13. The van der Waals surface area contributed by atoms with Crippen LogP contribution >= 0.6 is 0 Å². The van der Waals surface area contributed by atoms with Gasteiger partial charge in [0.25, 0.3) is 0 Å². The van der Waals surface area contributed by atoms with Crippen LogP contribution in [0.5, 0.6) is 0 Å².